The molecule has 3 aromatic rings. The number of carboxylic acid groups (broad SMARTS) is 1. The quantitative estimate of drug-likeness (QED) is 0.708. The summed E-state index contributed by atoms with van der Waals surface area (Å²) in [5, 5.41) is 14.2. The molecule has 0 saturated carbocycles. The van der Waals surface area contributed by atoms with Gasteiger partial charge in [-0.1, -0.05) is 67.1 Å². The van der Waals surface area contributed by atoms with Crippen LogP contribution < -0.4 is 0 Å². The Kier molecular flexibility index (Phi) is 4.57. The maximum atomic E-state index is 11.8. The lowest BCUT2D eigenvalue weighted by Gasteiger charge is -2.19. The summed E-state index contributed by atoms with van der Waals surface area (Å²) in [7, 11) is 0. The summed E-state index contributed by atoms with van der Waals surface area (Å²) in [5.41, 5.74) is 4.58. The van der Waals surface area contributed by atoms with Gasteiger partial charge in [-0.25, -0.2) is 4.79 Å². The molecule has 0 radical (unpaired) electrons. The van der Waals surface area contributed by atoms with E-state index in [1.54, 1.807) is 0 Å². The predicted molar refractivity (Wildman–Crippen MR) is 101 cm³/mol. The molecule has 1 heterocycles. The van der Waals surface area contributed by atoms with Crippen LogP contribution in [0.2, 0.25) is 0 Å². The number of benzene rings is 2. The Bertz CT molecular complexity index is 901. The number of fused-ring (bicyclic) bond motifs is 1. The van der Waals surface area contributed by atoms with E-state index in [0.29, 0.717) is 6.54 Å². The average molecular weight is 346 g/mol. The number of hydrogen-bond donors (Lipinski definition) is 1. The van der Waals surface area contributed by atoms with Crippen LogP contribution >= 0.6 is 0 Å². The Balaban J connectivity index is 1.85. The van der Waals surface area contributed by atoms with Crippen LogP contribution in [0.5, 0.6) is 0 Å². The molecule has 4 heteroatoms. The van der Waals surface area contributed by atoms with Crippen molar-refractivity contribution >= 4 is 5.97 Å². The van der Waals surface area contributed by atoms with E-state index in [2.05, 4.69) is 41.5 Å². The highest BCUT2D eigenvalue weighted by atomic mass is 16.4. The Morgan fingerprint density at radius 1 is 1.04 bits per heavy atom. The summed E-state index contributed by atoms with van der Waals surface area (Å²) in [5.74, 6) is -0.736. The Hall–Kier alpha value is -2.88. The molecule has 2 aromatic carbocycles. The maximum absolute atomic E-state index is 11.8. The van der Waals surface area contributed by atoms with E-state index >= 15 is 0 Å². The van der Waals surface area contributed by atoms with Gasteiger partial charge in [0.1, 0.15) is 0 Å². The van der Waals surface area contributed by atoms with Gasteiger partial charge in [-0.05, 0) is 30.4 Å². The standard InChI is InChI=1S/C22H22N2O2/c25-22(26)20-19-14-8-7-13-18(17-11-5-2-6-12-17)21(19)24(23-20)15-16-9-3-1-4-10-16/h1-6,9-12,18H,7-8,13-15H2,(H,25,26). The lowest BCUT2D eigenvalue weighted by molar-refractivity contribution is 0.0688. The molecule has 1 unspecified atom stereocenters. The Morgan fingerprint density at radius 3 is 2.42 bits per heavy atom. The van der Waals surface area contributed by atoms with E-state index in [1.165, 1.54) is 5.56 Å². The van der Waals surface area contributed by atoms with Crippen LogP contribution in [0.15, 0.2) is 60.7 Å². The van der Waals surface area contributed by atoms with Crippen molar-refractivity contribution in [1.29, 1.82) is 0 Å². The van der Waals surface area contributed by atoms with Crippen LogP contribution in [0.3, 0.4) is 0 Å². The summed E-state index contributed by atoms with van der Waals surface area (Å²) in [4.78, 5) is 11.8. The van der Waals surface area contributed by atoms with E-state index in [9.17, 15) is 9.90 Å². The molecule has 0 fully saturated rings. The van der Waals surface area contributed by atoms with Crippen LogP contribution in [-0.4, -0.2) is 20.9 Å². The first-order chi connectivity index (χ1) is 12.7. The van der Waals surface area contributed by atoms with Gasteiger partial charge in [0.05, 0.1) is 12.2 Å². The van der Waals surface area contributed by atoms with Gasteiger partial charge in [-0.2, -0.15) is 5.10 Å². The molecule has 4 nitrogen and oxygen atoms in total. The largest absolute Gasteiger partial charge is 0.476 e. The molecule has 1 aliphatic carbocycles. The third-order valence-corrected chi connectivity index (χ3v) is 5.17. The van der Waals surface area contributed by atoms with Crippen LogP contribution in [0.1, 0.15) is 58.1 Å². The zero-order valence-corrected chi connectivity index (χ0v) is 14.6. The molecular formula is C22H22N2O2. The van der Waals surface area contributed by atoms with Crippen molar-refractivity contribution < 1.29 is 9.90 Å². The fourth-order valence-corrected chi connectivity index (χ4v) is 3.99. The van der Waals surface area contributed by atoms with Crippen molar-refractivity contribution in [3.63, 3.8) is 0 Å². The van der Waals surface area contributed by atoms with Crippen LogP contribution in [0.25, 0.3) is 0 Å². The van der Waals surface area contributed by atoms with Gasteiger partial charge in [0.25, 0.3) is 0 Å². The molecule has 1 N–H and O–H groups in total. The molecule has 0 saturated heterocycles. The van der Waals surface area contributed by atoms with Crippen LogP contribution in [-0.2, 0) is 13.0 Å². The minimum atomic E-state index is -0.929. The number of hydrogen-bond acceptors (Lipinski definition) is 2. The zero-order valence-electron chi connectivity index (χ0n) is 14.6. The van der Waals surface area contributed by atoms with Crippen molar-refractivity contribution in [3.05, 3.63) is 88.7 Å². The first-order valence-corrected chi connectivity index (χ1v) is 9.16. The minimum Gasteiger partial charge on any atom is -0.476 e. The number of aromatic carboxylic acids is 1. The number of rotatable bonds is 4. The van der Waals surface area contributed by atoms with E-state index in [-0.39, 0.29) is 11.6 Å². The second kappa shape index (κ2) is 7.16. The van der Waals surface area contributed by atoms with Crippen LogP contribution in [0.4, 0.5) is 0 Å². The normalized spacial score (nSPS) is 16.7. The summed E-state index contributed by atoms with van der Waals surface area (Å²) in [6.45, 7) is 0.597. The van der Waals surface area contributed by atoms with E-state index in [1.807, 2.05) is 28.9 Å². The summed E-state index contributed by atoms with van der Waals surface area (Å²) in [6.07, 6.45) is 3.91. The number of carboxylic acids is 1. The third-order valence-electron chi connectivity index (χ3n) is 5.17. The van der Waals surface area contributed by atoms with Crippen LogP contribution in [0, 0.1) is 0 Å². The van der Waals surface area contributed by atoms with Crippen molar-refractivity contribution in [2.45, 2.75) is 38.1 Å². The van der Waals surface area contributed by atoms with Gasteiger partial charge >= 0.3 is 5.97 Å². The molecule has 1 atom stereocenters. The number of nitrogens with zero attached hydrogens (tertiary/aromatic N) is 2. The van der Waals surface area contributed by atoms with Gasteiger partial charge in [0, 0.05) is 11.5 Å². The van der Waals surface area contributed by atoms with E-state index in [0.717, 1.165) is 42.5 Å². The smallest absolute Gasteiger partial charge is 0.356 e. The van der Waals surface area contributed by atoms with Crippen molar-refractivity contribution in [2.75, 3.05) is 0 Å². The minimum absolute atomic E-state index is 0.193. The Labute approximate surface area is 153 Å². The monoisotopic (exact) mass is 346 g/mol. The fraction of sp³-hybridized carbons (Fsp3) is 0.273. The molecule has 0 bridgehead atoms. The van der Waals surface area contributed by atoms with Gasteiger partial charge in [-0.15, -0.1) is 0 Å². The molecule has 1 aliphatic rings. The van der Waals surface area contributed by atoms with E-state index < -0.39 is 5.97 Å². The second-order valence-corrected chi connectivity index (χ2v) is 6.87. The SMILES string of the molecule is O=C(O)c1nn(Cc2ccccc2)c2c1CCCCC2c1ccccc1. The van der Waals surface area contributed by atoms with Gasteiger partial charge in [-0.3, -0.25) is 4.68 Å². The number of aromatic nitrogens is 2. The summed E-state index contributed by atoms with van der Waals surface area (Å²) >= 11 is 0. The van der Waals surface area contributed by atoms with Gasteiger partial charge in [0.2, 0.25) is 0 Å². The molecule has 0 aliphatic heterocycles. The van der Waals surface area contributed by atoms with Crippen molar-refractivity contribution in [1.82, 2.24) is 9.78 Å². The van der Waals surface area contributed by atoms with Gasteiger partial charge in [0.15, 0.2) is 5.69 Å². The van der Waals surface area contributed by atoms with E-state index in [4.69, 9.17) is 0 Å². The highest BCUT2D eigenvalue weighted by Gasteiger charge is 2.30. The Morgan fingerprint density at radius 2 is 1.73 bits per heavy atom. The van der Waals surface area contributed by atoms with Gasteiger partial charge < -0.3 is 5.11 Å². The lowest BCUT2D eigenvalue weighted by Crippen LogP contribution is -2.12. The first-order valence-electron chi connectivity index (χ1n) is 9.16. The molecule has 1 aromatic heterocycles. The highest BCUT2D eigenvalue weighted by Crippen LogP contribution is 2.37. The molecule has 0 amide bonds. The third kappa shape index (κ3) is 3.15. The predicted octanol–water partition coefficient (Wildman–Crippen LogP) is 4.49. The second-order valence-electron chi connectivity index (χ2n) is 6.87. The zero-order chi connectivity index (χ0) is 17.9. The summed E-state index contributed by atoms with van der Waals surface area (Å²) in [6, 6.07) is 20.5. The van der Waals surface area contributed by atoms with Crippen molar-refractivity contribution in [3.8, 4) is 0 Å². The summed E-state index contributed by atoms with van der Waals surface area (Å²) < 4.78 is 1.93. The first kappa shape index (κ1) is 16.6. The molecule has 132 valence electrons. The number of carbonyl (C=O) groups is 1. The maximum Gasteiger partial charge on any atom is 0.356 e. The lowest BCUT2D eigenvalue weighted by atomic mass is 9.90. The average Bonchev–Trinajstić information content (AvgIpc) is 2.87. The molecular weight excluding hydrogens is 324 g/mol. The molecule has 4 rings (SSSR count). The highest BCUT2D eigenvalue weighted by molar-refractivity contribution is 5.87. The molecule has 26 heavy (non-hydrogen) atoms. The molecule has 0 spiro atoms. The van der Waals surface area contributed by atoms with Crippen molar-refractivity contribution in [2.24, 2.45) is 0 Å². The fourth-order valence-electron chi connectivity index (χ4n) is 3.99. The topological polar surface area (TPSA) is 55.1 Å².